The van der Waals surface area contributed by atoms with Crippen LogP contribution in [0.3, 0.4) is 0 Å². The predicted octanol–water partition coefficient (Wildman–Crippen LogP) is 2.98. The summed E-state index contributed by atoms with van der Waals surface area (Å²) in [7, 11) is 0. The molecule has 33 heavy (non-hydrogen) atoms. The van der Waals surface area contributed by atoms with Crippen molar-refractivity contribution >= 4 is 12.1 Å². The molecule has 5 rings (SSSR count). The van der Waals surface area contributed by atoms with E-state index in [-0.39, 0.29) is 29.8 Å². The van der Waals surface area contributed by atoms with Gasteiger partial charge >= 0.3 is 0 Å². The van der Waals surface area contributed by atoms with Gasteiger partial charge in [0, 0.05) is 30.4 Å². The van der Waals surface area contributed by atoms with Crippen molar-refractivity contribution in [3.63, 3.8) is 0 Å². The molecular formula is C22H16F2N6O3. The Morgan fingerprint density at radius 1 is 1.18 bits per heavy atom. The number of H-pyrrole nitrogens is 1. The number of benzene rings is 1. The van der Waals surface area contributed by atoms with Gasteiger partial charge in [-0.3, -0.25) is 14.6 Å². The van der Waals surface area contributed by atoms with Crippen molar-refractivity contribution in [2.45, 2.75) is 6.54 Å². The Labute approximate surface area is 184 Å². The molecule has 0 saturated carbocycles. The number of nitrogens with one attached hydrogen (secondary N) is 1. The molecule has 0 spiro atoms. The fourth-order valence-corrected chi connectivity index (χ4v) is 3.41. The van der Waals surface area contributed by atoms with Gasteiger partial charge in [0.2, 0.25) is 0 Å². The van der Waals surface area contributed by atoms with Gasteiger partial charge in [-0.25, -0.2) is 18.7 Å². The van der Waals surface area contributed by atoms with E-state index in [9.17, 15) is 13.6 Å². The second-order valence-electron chi connectivity index (χ2n) is 6.79. The molecule has 0 aliphatic carbocycles. The summed E-state index contributed by atoms with van der Waals surface area (Å²) in [5, 5.41) is 6.89. The lowest BCUT2D eigenvalue weighted by Gasteiger charge is -2.09. The highest BCUT2D eigenvalue weighted by Crippen LogP contribution is 2.32. The lowest BCUT2D eigenvalue weighted by molar-refractivity contribution is -0.122. The van der Waals surface area contributed by atoms with Gasteiger partial charge in [-0.15, -0.1) is 0 Å². The number of carboxylic acid groups (broad SMARTS) is 1. The number of carbonyl (C=O) groups is 1. The van der Waals surface area contributed by atoms with E-state index in [4.69, 9.17) is 9.90 Å². The lowest BCUT2D eigenvalue weighted by Crippen LogP contribution is -2.11. The SMILES string of the molecule is O=CO.O=c1[nH]cccc1-c1c(-c2cc(F)ccc2F)ncn1Cc1cn2ccncc2n1. The van der Waals surface area contributed by atoms with Gasteiger partial charge in [0.05, 0.1) is 41.7 Å². The largest absolute Gasteiger partial charge is 0.483 e. The number of aromatic amines is 1. The molecule has 2 N–H and O–H groups in total. The van der Waals surface area contributed by atoms with Crippen LogP contribution in [0, 0.1) is 11.6 Å². The van der Waals surface area contributed by atoms with Crippen molar-refractivity contribution < 1.29 is 18.7 Å². The molecule has 166 valence electrons. The molecule has 4 heterocycles. The van der Waals surface area contributed by atoms with Gasteiger partial charge in [0.1, 0.15) is 11.6 Å². The molecule has 0 unspecified atom stereocenters. The third kappa shape index (κ3) is 4.37. The first kappa shape index (κ1) is 21.6. The van der Waals surface area contributed by atoms with Crippen molar-refractivity contribution in [2.24, 2.45) is 0 Å². The molecule has 0 bridgehead atoms. The van der Waals surface area contributed by atoms with Crippen LogP contribution in [-0.2, 0) is 11.3 Å². The average molecular weight is 450 g/mol. The highest BCUT2D eigenvalue weighted by atomic mass is 19.1. The van der Waals surface area contributed by atoms with Crippen LogP contribution in [0.25, 0.3) is 28.2 Å². The third-order valence-electron chi connectivity index (χ3n) is 4.74. The topological polar surface area (TPSA) is 118 Å². The van der Waals surface area contributed by atoms with Crippen LogP contribution in [-0.4, -0.2) is 40.5 Å². The number of hydrogen-bond acceptors (Lipinski definition) is 5. The first-order chi connectivity index (χ1) is 16.0. The number of hydrogen-bond donors (Lipinski definition) is 2. The highest BCUT2D eigenvalue weighted by Gasteiger charge is 2.21. The molecule has 11 heteroatoms. The molecule has 0 amide bonds. The van der Waals surface area contributed by atoms with Gasteiger partial charge in [-0.05, 0) is 30.3 Å². The van der Waals surface area contributed by atoms with Crippen LogP contribution < -0.4 is 5.56 Å². The number of rotatable bonds is 4. The van der Waals surface area contributed by atoms with E-state index in [1.807, 2.05) is 10.6 Å². The Bertz CT molecular complexity index is 1460. The van der Waals surface area contributed by atoms with E-state index in [1.165, 1.54) is 12.5 Å². The first-order valence-electron chi connectivity index (χ1n) is 9.56. The minimum absolute atomic E-state index is 0.0220. The van der Waals surface area contributed by atoms with E-state index in [0.29, 0.717) is 22.6 Å². The molecule has 9 nitrogen and oxygen atoms in total. The van der Waals surface area contributed by atoms with Crippen molar-refractivity contribution in [1.29, 1.82) is 0 Å². The summed E-state index contributed by atoms with van der Waals surface area (Å²) in [6, 6.07) is 6.42. The summed E-state index contributed by atoms with van der Waals surface area (Å²) in [4.78, 5) is 36.3. The lowest BCUT2D eigenvalue weighted by atomic mass is 10.0. The predicted molar refractivity (Wildman–Crippen MR) is 114 cm³/mol. The summed E-state index contributed by atoms with van der Waals surface area (Å²) in [5.74, 6) is -1.23. The molecule has 4 aromatic heterocycles. The van der Waals surface area contributed by atoms with Gasteiger partial charge < -0.3 is 19.1 Å². The highest BCUT2D eigenvalue weighted by molar-refractivity contribution is 5.78. The van der Waals surface area contributed by atoms with Gasteiger partial charge in [-0.2, -0.15) is 0 Å². The number of pyridine rings is 1. The molecule has 0 saturated heterocycles. The zero-order valence-electron chi connectivity index (χ0n) is 16.9. The fraction of sp³-hybridized carbons (Fsp3) is 0.0455. The molecule has 0 radical (unpaired) electrons. The Morgan fingerprint density at radius 2 is 2.00 bits per heavy atom. The number of imidazole rings is 2. The van der Waals surface area contributed by atoms with Crippen LogP contribution in [0.1, 0.15) is 5.69 Å². The summed E-state index contributed by atoms with van der Waals surface area (Å²) in [6.45, 7) is 0.0231. The van der Waals surface area contributed by atoms with Crippen LogP contribution in [0.15, 0.2) is 72.4 Å². The number of aromatic nitrogens is 6. The van der Waals surface area contributed by atoms with Gasteiger partial charge in [-0.1, -0.05) is 0 Å². The molecule has 1 aromatic carbocycles. The molecule has 0 aliphatic rings. The average Bonchev–Trinajstić information content (AvgIpc) is 3.40. The zero-order chi connectivity index (χ0) is 23.4. The molecule has 0 atom stereocenters. The van der Waals surface area contributed by atoms with Crippen molar-refractivity contribution in [3.05, 3.63) is 95.3 Å². The smallest absolute Gasteiger partial charge is 0.290 e. The van der Waals surface area contributed by atoms with E-state index in [0.717, 1.165) is 18.2 Å². The van der Waals surface area contributed by atoms with Crippen LogP contribution >= 0.6 is 0 Å². The minimum atomic E-state index is -0.630. The second-order valence-corrected chi connectivity index (χ2v) is 6.79. The Kier molecular flexibility index (Phi) is 6.02. The summed E-state index contributed by atoms with van der Waals surface area (Å²) in [6.07, 6.45) is 9.88. The van der Waals surface area contributed by atoms with Crippen LogP contribution in [0.5, 0.6) is 0 Å². The molecule has 0 aliphatic heterocycles. The van der Waals surface area contributed by atoms with Crippen molar-refractivity contribution in [1.82, 2.24) is 28.9 Å². The molecular weight excluding hydrogens is 434 g/mol. The van der Waals surface area contributed by atoms with Gasteiger partial charge in [0.15, 0.2) is 5.65 Å². The van der Waals surface area contributed by atoms with Gasteiger partial charge in [0.25, 0.3) is 12.0 Å². The summed E-state index contributed by atoms with van der Waals surface area (Å²) in [5.41, 5.74) is 1.82. The monoisotopic (exact) mass is 450 g/mol. The van der Waals surface area contributed by atoms with Crippen LogP contribution in [0.2, 0.25) is 0 Å². The standard InChI is InChI=1S/C21H14F2N6O.CH2O2/c22-13-3-4-17(23)16(8-13)19-20(15-2-1-5-25-21(15)30)29(12-26-19)11-14-10-28-7-6-24-9-18(28)27-14;2-1-3/h1-10,12H,11H2,(H,25,30);1H,(H,2,3). The first-order valence-corrected chi connectivity index (χ1v) is 9.56. The maximum atomic E-state index is 14.5. The maximum absolute atomic E-state index is 14.5. The van der Waals surface area contributed by atoms with E-state index in [2.05, 4.69) is 19.9 Å². The van der Waals surface area contributed by atoms with E-state index in [1.54, 1.807) is 35.3 Å². The zero-order valence-corrected chi connectivity index (χ0v) is 16.9. The Morgan fingerprint density at radius 3 is 2.76 bits per heavy atom. The maximum Gasteiger partial charge on any atom is 0.290 e. The van der Waals surface area contributed by atoms with Crippen molar-refractivity contribution in [3.8, 4) is 22.5 Å². The van der Waals surface area contributed by atoms with Crippen LogP contribution in [0.4, 0.5) is 8.78 Å². The molecule has 5 aromatic rings. The Hall–Kier alpha value is -4.67. The number of nitrogens with zero attached hydrogens (tertiary/aromatic N) is 5. The van der Waals surface area contributed by atoms with E-state index >= 15 is 0 Å². The summed E-state index contributed by atoms with van der Waals surface area (Å²) < 4.78 is 31.8. The minimum Gasteiger partial charge on any atom is -0.483 e. The van der Waals surface area contributed by atoms with E-state index < -0.39 is 11.6 Å². The number of fused-ring (bicyclic) bond motifs is 1. The Balaban J connectivity index is 0.000000821. The normalized spacial score (nSPS) is 10.6. The fourth-order valence-electron chi connectivity index (χ4n) is 3.41. The van der Waals surface area contributed by atoms with Crippen molar-refractivity contribution in [2.75, 3.05) is 0 Å². The molecule has 0 fully saturated rings. The quantitative estimate of drug-likeness (QED) is 0.407. The summed E-state index contributed by atoms with van der Waals surface area (Å²) >= 11 is 0. The second kappa shape index (κ2) is 9.22. The third-order valence-corrected chi connectivity index (χ3v) is 4.74. The number of halogens is 2.